The zero-order valence-electron chi connectivity index (χ0n) is 11.8. The third-order valence-corrected chi connectivity index (χ3v) is 2.49. The van der Waals surface area contributed by atoms with Crippen LogP contribution < -0.4 is 5.73 Å². The molecule has 2 amide bonds. The van der Waals surface area contributed by atoms with E-state index in [4.69, 9.17) is 10.8 Å². The zero-order chi connectivity index (χ0) is 17.0. The Kier molecular flexibility index (Phi) is 6.40. The van der Waals surface area contributed by atoms with Crippen LogP contribution >= 0.6 is 0 Å². The van der Waals surface area contributed by atoms with Crippen LogP contribution in [0.25, 0.3) is 0 Å². The molecular formula is C12H17F3N2O4. The average molecular weight is 310 g/mol. The molecule has 6 nitrogen and oxygen atoms in total. The Morgan fingerprint density at radius 1 is 1.19 bits per heavy atom. The van der Waals surface area contributed by atoms with Crippen molar-refractivity contribution in [1.82, 2.24) is 4.90 Å². The molecule has 0 aliphatic heterocycles. The van der Waals surface area contributed by atoms with Crippen molar-refractivity contribution in [2.24, 2.45) is 5.73 Å². The van der Waals surface area contributed by atoms with Crippen LogP contribution in [0, 0.1) is 0 Å². The number of carboxylic acid groups (broad SMARTS) is 1. The maximum Gasteiger partial charge on any atom is 0.326 e. The van der Waals surface area contributed by atoms with Gasteiger partial charge in [-0.15, -0.1) is 0 Å². The minimum absolute atomic E-state index is 0.669. The molecule has 0 saturated heterocycles. The summed E-state index contributed by atoms with van der Waals surface area (Å²) in [5.74, 6) is -5.65. The van der Waals surface area contributed by atoms with Crippen LogP contribution in [0.4, 0.5) is 13.2 Å². The van der Waals surface area contributed by atoms with E-state index in [0.717, 1.165) is 0 Å². The Labute approximate surface area is 119 Å². The molecule has 0 unspecified atom stereocenters. The van der Waals surface area contributed by atoms with E-state index in [1.165, 1.54) is 20.8 Å². The highest BCUT2D eigenvalue weighted by Gasteiger charge is 2.38. The lowest BCUT2D eigenvalue weighted by atomic mass is 9.99. The molecular weight excluding hydrogens is 293 g/mol. The zero-order valence-corrected chi connectivity index (χ0v) is 11.8. The smallest absolute Gasteiger partial charge is 0.326 e. The van der Waals surface area contributed by atoms with Gasteiger partial charge in [-0.3, -0.25) is 9.59 Å². The van der Waals surface area contributed by atoms with Gasteiger partial charge in [0.05, 0.1) is 12.8 Å². The van der Waals surface area contributed by atoms with E-state index in [-0.39, 0.29) is 0 Å². The predicted molar refractivity (Wildman–Crippen MR) is 66.8 cm³/mol. The summed E-state index contributed by atoms with van der Waals surface area (Å²) in [4.78, 5) is 34.7. The van der Waals surface area contributed by atoms with Gasteiger partial charge in [-0.1, -0.05) is 0 Å². The number of nitrogens with zero attached hydrogens (tertiary/aromatic N) is 1. The fourth-order valence-electron chi connectivity index (χ4n) is 1.78. The molecule has 3 N–H and O–H groups in total. The lowest BCUT2D eigenvalue weighted by Gasteiger charge is -2.39. The summed E-state index contributed by atoms with van der Waals surface area (Å²) in [6.45, 7) is 4.28. The second kappa shape index (κ2) is 7.09. The van der Waals surface area contributed by atoms with Gasteiger partial charge in [0.2, 0.25) is 11.8 Å². The first-order chi connectivity index (χ1) is 9.37. The molecule has 0 radical (unpaired) electrons. The topological polar surface area (TPSA) is 101 Å². The largest absolute Gasteiger partial charge is 0.480 e. The standard InChI is InChI=1S/C12H17F3N2O4/c1-12(2,3)17(7(11(20)21)5-8(16)18)9(19)4-6(13)10(14)15/h7H,4-5H2,1-3H3,(H2,16,18)(H,20,21)/t7-/m0/s1. The number of primary amides is 1. The van der Waals surface area contributed by atoms with Gasteiger partial charge in [-0.05, 0) is 20.8 Å². The molecule has 0 saturated carbocycles. The van der Waals surface area contributed by atoms with Crippen LogP contribution in [0.15, 0.2) is 11.9 Å². The summed E-state index contributed by atoms with van der Waals surface area (Å²) < 4.78 is 37.0. The molecule has 9 heteroatoms. The Morgan fingerprint density at radius 2 is 1.67 bits per heavy atom. The first-order valence-corrected chi connectivity index (χ1v) is 5.90. The number of aliphatic carboxylic acids is 1. The monoisotopic (exact) mass is 310 g/mol. The average Bonchev–Trinajstić information content (AvgIpc) is 2.24. The highest BCUT2D eigenvalue weighted by atomic mass is 19.3. The van der Waals surface area contributed by atoms with Crippen LogP contribution in [-0.2, 0) is 14.4 Å². The molecule has 0 aromatic heterocycles. The maximum absolute atomic E-state index is 12.9. The van der Waals surface area contributed by atoms with Crippen molar-refractivity contribution in [3.63, 3.8) is 0 Å². The number of nitrogens with two attached hydrogens (primary N) is 1. The summed E-state index contributed by atoms with van der Waals surface area (Å²) in [5.41, 5.74) is 3.78. The molecule has 0 rings (SSSR count). The van der Waals surface area contributed by atoms with Crippen LogP contribution in [0.5, 0.6) is 0 Å². The Hall–Kier alpha value is -2.06. The number of hydrogen-bond acceptors (Lipinski definition) is 3. The maximum atomic E-state index is 12.9. The van der Waals surface area contributed by atoms with E-state index < -0.39 is 54.1 Å². The number of carbonyl (C=O) groups excluding carboxylic acids is 2. The van der Waals surface area contributed by atoms with E-state index in [2.05, 4.69) is 0 Å². The molecule has 0 aromatic rings. The highest BCUT2D eigenvalue weighted by molar-refractivity contribution is 5.89. The molecule has 0 spiro atoms. The molecule has 1 atom stereocenters. The van der Waals surface area contributed by atoms with Gasteiger partial charge in [0.1, 0.15) is 6.04 Å². The number of rotatable bonds is 6. The van der Waals surface area contributed by atoms with E-state index in [0.29, 0.717) is 4.90 Å². The Bertz CT molecular complexity index is 468. The first-order valence-electron chi connectivity index (χ1n) is 5.90. The fourth-order valence-corrected chi connectivity index (χ4v) is 1.78. The third-order valence-electron chi connectivity index (χ3n) is 2.49. The SMILES string of the molecule is CC(C)(C)N(C(=O)CC(F)=C(F)F)[C@@H](CC(N)=O)C(=O)O. The van der Waals surface area contributed by atoms with Crippen molar-refractivity contribution in [1.29, 1.82) is 0 Å². The van der Waals surface area contributed by atoms with E-state index in [9.17, 15) is 27.6 Å². The van der Waals surface area contributed by atoms with Crippen molar-refractivity contribution >= 4 is 17.8 Å². The van der Waals surface area contributed by atoms with Crippen molar-refractivity contribution in [2.45, 2.75) is 45.2 Å². The lowest BCUT2D eigenvalue weighted by molar-refractivity contribution is -0.156. The van der Waals surface area contributed by atoms with Gasteiger partial charge in [0.25, 0.3) is 0 Å². The number of amides is 2. The second-order valence-electron chi connectivity index (χ2n) is 5.30. The van der Waals surface area contributed by atoms with Crippen molar-refractivity contribution in [2.75, 3.05) is 0 Å². The number of hydrogen-bond donors (Lipinski definition) is 2. The molecule has 0 aliphatic rings. The molecule has 0 heterocycles. The highest BCUT2D eigenvalue weighted by Crippen LogP contribution is 2.24. The molecule has 0 fully saturated rings. The minimum atomic E-state index is -2.65. The summed E-state index contributed by atoms with van der Waals surface area (Å²) in [5, 5.41) is 9.09. The van der Waals surface area contributed by atoms with Gasteiger partial charge in [-0.25, -0.2) is 9.18 Å². The van der Waals surface area contributed by atoms with Crippen molar-refractivity contribution in [3.8, 4) is 0 Å². The minimum Gasteiger partial charge on any atom is -0.480 e. The van der Waals surface area contributed by atoms with Crippen molar-refractivity contribution < 1.29 is 32.7 Å². The fraction of sp³-hybridized carbons (Fsp3) is 0.583. The molecule has 120 valence electrons. The van der Waals surface area contributed by atoms with Gasteiger partial charge in [0, 0.05) is 5.54 Å². The van der Waals surface area contributed by atoms with Gasteiger partial charge < -0.3 is 15.7 Å². The Morgan fingerprint density at radius 3 is 1.95 bits per heavy atom. The number of carbonyl (C=O) groups is 3. The molecule has 0 aromatic carbocycles. The Balaban J connectivity index is 5.56. The van der Waals surface area contributed by atoms with E-state index in [1.54, 1.807) is 0 Å². The lowest BCUT2D eigenvalue weighted by Crippen LogP contribution is -2.55. The second-order valence-corrected chi connectivity index (χ2v) is 5.30. The van der Waals surface area contributed by atoms with Crippen LogP contribution in [0.1, 0.15) is 33.6 Å². The number of halogens is 3. The molecule has 0 bridgehead atoms. The van der Waals surface area contributed by atoms with E-state index >= 15 is 0 Å². The quantitative estimate of drug-likeness (QED) is 0.774. The van der Waals surface area contributed by atoms with Gasteiger partial charge >= 0.3 is 12.0 Å². The summed E-state index contributed by atoms with van der Waals surface area (Å²) in [6, 6.07) is -1.66. The van der Waals surface area contributed by atoms with Gasteiger partial charge in [0.15, 0.2) is 5.83 Å². The summed E-state index contributed by atoms with van der Waals surface area (Å²) >= 11 is 0. The summed E-state index contributed by atoms with van der Waals surface area (Å²) in [6.07, 6.45) is -4.65. The predicted octanol–water partition coefficient (Wildman–Crippen LogP) is 1.41. The van der Waals surface area contributed by atoms with Crippen LogP contribution in [0.2, 0.25) is 0 Å². The van der Waals surface area contributed by atoms with Crippen molar-refractivity contribution in [3.05, 3.63) is 11.9 Å². The van der Waals surface area contributed by atoms with Crippen LogP contribution in [0.3, 0.4) is 0 Å². The third kappa shape index (κ3) is 5.84. The number of carboxylic acids is 1. The summed E-state index contributed by atoms with van der Waals surface area (Å²) in [7, 11) is 0. The first kappa shape index (κ1) is 18.9. The molecule has 21 heavy (non-hydrogen) atoms. The van der Waals surface area contributed by atoms with E-state index in [1.807, 2.05) is 0 Å². The van der Waals surface area contributed by atoms with Gasteiger partial charge in [-0.2, -0.15) is 8.78 Å². The molecule has 0 aliphatic carbocycles. The van der Waals surface area contributed by atoms with Crippen LogP contribution in [-0.4, -0.2) is 39.4 Å². The normalized spacial score (nSPS) is 12.5.